The number of imidazole rings is 1. The Hall–Kier alpha value is -2.63. The minimum Gasteiger partial charge on any atom is -0.356 e. The number of hydrogen-bond donors (Lipinski definition) is 1. The average molecular weight is 340 g/mol. The molecule has 0 radical (unpaired) electrons. The molecule has 25 heavy (non-hydrogen) atoms. The molecule has 1 N–H and O–H groups in total. The fraction of sp³-hybridized carbons (Fsp3) is 0.421. The van der Waals surface area contributed by atoms with Gasteiger partial charge in [-0.3, -0.25) is 9.59 Å². The lowest BCUT2D eigenvalue weighted by molar-refractivity contribution is -0.126. The lowest BCUT2D eigenvalue weighted by atomic mass is 10.1. The SMILES string of the molecule is CCc1ccc(N2C[C@@H](C(=O)NCCCn3ccnc3)CC2=O)cc1. The van der Waals surface area contributed by atoms with E-state index in [1.165, 1.54) is 5.56 Å². The van der Waals surface area contributed by atoms with Crippen LogP contribution in [0, 0.1) is 5.92 Å². The molecule has 1 aliphatic heterocycles. The molecular weight excluding hydrogens is 316 g/mol. The highest BCUT2D eigenvalue weighted by Crippen LogP contribution is 2.25. The number of nitrogens with one attached hydrogen (secondary N) is 1. The molecule has 0 unspecified atom stereocenters. The summed E-state index contributed by atoms with van der Waals surface area (Å²) in [6, 6.07) is 7.99. The number of amides is 2. The average Bonchev–Trinajstić information content (AvgIpc) is 3.28. The van der Waals surface area contributed by atoms with E-state index >= 15 is 0 Å². The number of anilines is 1. The van der Waals surface area contributed by atoms with E-state index in [-0.39, 0.29) is 24.2 Å². The summed E-state index contributed by atoms with van der Waals surface area (Å²) in [6.07, 6.45) is 7.49. The number of aryl methyl sites for hydroxylation is 2. The summed E-state index contributed by atoms with van der Waals surface area (Å²) in [5, 5.41) is 2.95. The zero-order valence-electron chi connectivity index (χ0n) is 14.5. The van der Waals surface area contributed by atoms with Crippen molar-refractivity contribution in [3.05, 3.63) is 48.5 Å². The van der Waals surface area contributed by atoms with Gasteiger partial charge in [0.25, 0.3) is 0 Å². The standard InChI is InChI=1S/C19H24N4O2/c1-2-15-4-6-17(7-5-15)23-13-16(12-18(23)24)19(25)21-8-3-10-22-11-9-20-14-22/h4-7,9,11,14,16H,2-3,8,10,12-13H2,1H3,(H,21,25)/t16-/m0/s1. The van der Waals surface area contributed by atoms with Gasteiger partial charge in [-0.25, -0.2) is 4.98 Å². The third-order valence-corrected chi connectivity index (χ3v) is 4.60. The summed E-state index contributed by atoms with van der Waals surface area (Å²) in [7, 11) is 0. The largest absolute Gasteiger partial charge is 0.356 e. The third-order valence-electron chi connectivity index (χ3n) is 4.60. The van der Waals surface area contributed by atoms with Crippen molar-refractivity contribution in [1.29, 1.82) is 0 Å². The maximum absolute atomic E-state index is 12.3. The van der Waals surface area contributed by atoms with Crippen molar-refractivity contribution in [2.45, 2.75) is 32.7 Å². The highest BCUT2D eigenvalue weighted by atomic mass is 16.2. The van der Waals surface area contributed by atoms with Crippen LogP contribution in [0.2, 0.25) is 0 Å². The van der Waals surface area contributed by atoms with Gasteiger partial charge in [0, 0.05) is 44.1 Å². The molecule has 1 aromatic heterocycles. The van der Waals surface area contributed by atoms with Crippen molar-refractivity contribution < 1.29 is 9.59 Å². The van der Waals surface area contributed by atoms with Gasteiger partial charge in [0.1, 0.15) is 0 Å². The number of carbonyl (C=O) groups is 2. The van der Waals surface area contributed by atoms with Crippen LogP contribution in [0.1, 0.15) is 25.3 Å². The topological polar surface area (TPSA) is 67.2 Å². The van der Waals surface area contributed by atoms with Gasteiger partial charge in [0.2, 0.25) is 11.8 Å². The number of carbonyl (C=O) groups excluding carboxylic acids is 2. The van der Waals surface area contributed by atoms with Crippen LogP contribution < -0.4 is 10.2 Å². The molecule has 1 saturated heterocycles. The Balaban J connectivity index is 1.48. The lowest BCUT2D eigenvalue weighted by Gasteiger charge is -2.17. The maximum atomic E-state index is 12.3. The first kappa shape index (κ1) is 17.2. The molecule has 2 aromatic rings. The molecule has 2 heterocycles. The molecule has 0 saturated carbocycles. The summed E-state index contributed by atoms with van der Waals surface area (Å²) in [6.45, 7) is 3.98. The van der Waals surface area contributed by atoms with Gasteiger partial charge in [0.05, 0.1) is 12.2 Å². The summed E-state index contributed by atoms with van der Waals surface area (Å²) >= 11 is 0. The fourth-order valence-corrected chi connectivity index (χ4v) is 3.08. The molecule has 0 aliphatic carbocycles. The number of aromatic nitrogens is 2. The van der Waals surface area contributed by atoms with Crippen molar-refractivity contribution in [1.82, 2.24) is 14.9 Å². The Morgan fingerprint density at radius 2 is 2.12 bits per heavy atom. The van der Waals surface area contributed by atoms with Crippen molar-refractivity contribution in [2.24, 2.45) is 5.92 Å². The van der Waals surface area contributed by atoms with Gasteiger partial charge in [-0.2, -0.15) is 0 Å². The molecule has 132 valence electrons. The van der Waals surface area contributed by atoms with Gasteiger partial charge in [-0.1, -0.05) is 19.1 Å². The van der Waals surface area contributed by atoms with Gasteiger partial charge >= 0.3 is 0 Å². The van der Waals surface area contributed by atoms with E-state index in [2.05, 4.69) is 17.2 Å². The molecule has 1 fully saturated rings. The molecule has 1 aromatic carbocycles. The van der Waals surface area contributed by atoms with Crippen LogP contribution in [0.4, 0.5) is 5.69 Å². The van der Waals surface area contributed by atoms with E-state index < -0.39 is 0 Å². The quantitative estimate of drug-likeness (QED) is 0.784. The third kappa shape index (κ3) is 4.26. The van der Waals surface area contributed by atoms with E-state index in [0.29, 0.717) is 13.1 Å². The Morgan fingerprint density at radius 3 is 2.80 bits per heavy atom. The Labute approximate surface area is 147 Å². The monoisotopic (exact) mass is 340 g/mol. The second-order valence-electron chi connectivity index (χ2n) is 6.37. The molecule has 0 bridgehead atoms. The van der Waals surface area contributed by atoms with E-state index in [9.17, 15) is 9.59 Å². The van der Waals surface area contributed by atoms with Crippen LogP contribution in [0.5, 0.6) is 0 Å². The molecule has 2 amide bonds. The molecule has 6 heteroatoms. The van der Waals surface area contributed by atoms with Crippen LogP contribution in [0.3, 0.4) is 0 Å². The van der Waals surface area contributed by atoms with Crippen molar-refractivity contribution >= 4 is 17.5 Å². The van der Waals surface area contributed by atoms with Crippen molar-refractivity contribution in [3.63, 3.8) is 0 Å². The minimum atomic E-state index is -0.272. The van der Waals surface area contributed by atoms with Crippen LogP contribution in [0.25, 0.3) is 0 Å². The van der Waals surface area contributed by atoms with E-state index in [1.54, 1.807) is 17.4 Å². The van der Waals surface area contributed by atoms with Crippen LogP contribution in [-0.2, 0) is 22.6 Å². The zero-order chi connectivity index (χ0) is 17.6. The highest BCUT2D eigenvalue weighted by molar-refractivity contribution is 6.00. The molecule has 1 atom stereocenters. The van der Waals surface area contributed by atoms with Crippen LogP contribution in [0.15, 0.2) is 43.0 Å². The summed E-state index contributed by atoms with van der Waals surface area (Å²) in [4.78, 5) is 30.3. The Kier molecular flexibility index (Phi) is 5.48. The van der Waals surface area contributed by atoms with Gasteiger partial charge in [-0.05, 0) is 30.5 Å². The lowest BCUT2D eigenvalue weighted by Crippen LogP contribution is -2.33. The van der Waals surface area contributed by atoms with E-state index in [4.69, 9.17) is 0 Å². The number of nitrogens with zero attached hydrogens (tertiary/aromatic N) is 3. The second-order valence-corrected chi connectivity index (χ2v) is 6.37. The molecular formula is C19H24N4O2. The highest BCUT2D eigenvalue weighted by Gasteiger charge is 2.34. The Morgan fingerprint density at radius 1 is 1.32 bits per heavy atom. The number of hydrogen-bond acceptors (Lipinski definition) is 3. The molecule has 3 rings (SSSR count). The minimum absolute atomic E-state index is 0.0165. The molecule has 6 nitrogen and oxygen atoms in total. The van der Waals surface area contributed by atoms with Gasteiger partial charge in [-0.15, -0.1) is 0 Å². The summed E-state index contributed by atoms with van der Waals surface area (Å²) in [5.41, 5.74) is 2.11. The smallest absolute Gasteiger partial charge is 0.227 e. The predicted molar refractivity (Wildman–Crippen MR) is 96.1 cm³/mol. The number of rotatable bonds is 7. The first-order valence-corrected chi connectivity index (χ1v) is 8.80. The van der Waals surface area contributed by atoms with E-state index in [1.807, 2.05) is 35.0 Å². The Bertz CT molecular complexity index is 710. The molecule has 1 aliphatic rings. The zero-order valence-corrected chi connectivity index (χ0v) is 14.5. The summed E-state index contributed by atoms with van der Waals surface area (Å²) < 4.78 is 1.98. The number of benzene rings is 1. The van der Waals surface area contributed by atoms with E-state index in [0.717, 1.165) is 25.1 Å². The first-order chi connectivity index (χ1) is 12.2. The molecule has 0 spiro atoms. The van der Waals surface area contributed by atoms with Crippen molar-refractivity contribution in [3.8, 4) is 0 Å². The normalized spacial score (nSPS) is 17.1. The van der Waals surface area contributed by atoms with Crippen LogP contribution in [-0.4, -0.2) is 34.5 Å². The second kappa shape index (κ2) is 7.96. The van der Waals surface area contributed by atoms with Crippen LogP contribution >= 0.6 is 0 Å². The first-order valence-electron chi connectivity index (χ1n) is 8.80. The van der Waals surface area contributed by atoms with Gasteiger partial charge < -0.3 is 14.8 Å². The predicted octanol–water partition coefficient (Wildman–Crippen LogP) is 2.00. The van der Waals surface area contributed by atoms with Gasteiger partial charge in [0.15, 0.2) is 0 Å². The maximum Gasteiger partial charge on any atom is 0.227 e. The van der Waals surface area contributed by atoms with Crippen molar-refractivity contribution in [2.75, 3.05) is 18.0 Å². The fourth-order valence-electron chi connectivity index (χ4n) is 3.08. The summed E-state index contributed by atoms with van der Waals surface area (Å²) in [5.74, 6) is -0.291.